The van der Waals surface area contributed by atoms with Crippen molar-refractivity contribution in [2.24, 2.45) is 0 Å². The normalized spacial score (nSPS) is 13.4. The summed E-state index contributed by atoms with van der Waals surface area (Å²) in [6.45, 7) is 4.21. The molecule has 5 nitrogen and oxygen atoms in total. The standard InChI is InChI=1S/C47H95NO4/c1-3-5-7-9-11-13-15-17-19-20-21-22-23-24-25-26-28-29-31-33-35-37-39-41-45(50)47(52)44(43-49)48-46(51)42-40-38-36-34-32-30-27-18-16-14-12-10-8-6-4-2/h44-45,47,49-50,52H,3-43H2,1-2H3,(H,48,51). The van der Waals surface area contributed by atoms with Crippen molar-refractivity contribution >= 4 is 5.91 Å². The largest absolute Gasteiger partial charge is 0.394 e. The zero-order chi connectivity index (χ0) is 38.0. The lowest BCUT2D eigenvalue weighted by molar-refractivity contribution is -0.124. The van der Waals surface area contributed by atoms with Gasteiger partial charge in [0.05, 0.1) is 18.8 Å². The summed E-state index contributed by atoms with van der Waals surface area (Å²) >= 11 is 0. The Labute approximate surface area is 326 Å². The monoisotopic (exact) mass is 738 g/mol. The van der Waals surface area contributed by atoms with Crippen LogP contribution in [0.3, 0.4) is 0 Å². The molecule has 0 aromatic rings. The van der Waals surface area contributed by atoms with Crippen LogP contribution in [0.4, 0.5) is 0 Å². The molecule has 312 valence electrons. The highest BCUT2D eigenvalue weighted by Crippen LogP contribution is 2.18. The van der Waals surface area contributed by atoms with E-state index in [2.05, 4.69) is 19.2 Å². The molecular weight excluding hydrogens is 643 g/mol. The van der Waals surface area contributed by atoms with Crippen molar-refractivity contribution in [3.05, 3.63) is 0 Å². The first-order valence-electron chi connectivity index (χ1n) is 23.8. The molecule has 1 amide bonds. The number of hydrogen-bond acceptors (Lipinski definition) is 4. The Morgan fingerprint density at radius 1 is 0.404 bits per heavy atom. The van der Waals surface area contributed by atoms with Crippen LogP contribution in [-0.4, -0.2) is 46.1 Å². The summed E-state index contributed by atoms with van der Waals surface area (Å²) < 4.78 is 0. The number of amides is 1. The van der Waals surface area contributed by atoms with E-state index in [-0.39, 0.29) is 12.5 Å². The van der Waals surface area contributed by atoms with Gasteiger partial charge in [0.25, 0.3) is 0 Å². The Morgan fingerprint density at radius 2 is 0.654 bits per heavy atom. The predicted octanol–water partition coefficient (Wildman–Crippen LogP) is 13.8. The smallest absolute Gasteiger partial charge is 0.220 e. The Hall–Kier alpha value is -0.650. The summed E-state index contributed by atoms with van der Waals surface area (Å²) in [4.78, 5) is 12.4. The van der Waals surface area contributed by atoms with E-state index in [4.69, 9.17) is 0 Å². The summed E-state index contributed by atoms with van der Waals surface area (Å²) in [6, 6.07) is -0.802. The molecule has 3 unspecified atom stereocenters. The van der Waals surface area contributed by atoms with Gasteiger partial charge in [-0.25, -0.2) is 0 Å². The number of rotatable bonds is 44. The summed E-state index contributed by atoms with van der Waals surface area (Å²) in [7, 11) is 0. The van der Waals surface area contributed by atoms with Crippen molar-refractivity contribution < 1.29 is 20.1 Å². The second kappa shape index (κ2) is 43.1. The minimum Gasteiger partial charge on any atom is -0.394 e. The van der Waals surface area contributed by atoms with Gasteiger partial charge < -0.3 is 20.6 Å². The topological polar surface area (TPSA) is 89.8 Å². The Bertz CT molecular complexity index is 688. The molecule has 0 aromatic carbocycles. The maximum Gasteiger partial charge on any atom is 0.220 e. The van der Waals surface area contributed by atoms with Crippen LogP contribution in [0.15, 0.2) is 0 Å². The van der Waals surface area contributed by atoms with Crippen molar-refractivity contribution in [1.29, 1.82) is 0 Å². The number of unbranched alkanes of at least 4 members (excludes halogenated alkanes) is 36. The maximum absolute atomic E-state index is 12.4. The van der Waals surface area contributed by atoms with Gasteiger partial charge in [-0.15, -0.1) is 0 Å². The lowest BCUT2D eigenvalue weighted by Crippen LogP contribution is -2.50. The molecule has 0 saturated heterocycles. The summed E-state index contributed by atoms with van der Waals surface area (Å²) in [5, 5.41) is 33.6. The highest BCUT2D eigenvalue weighted by molar-refractivity contribution is 5.76. The van der Waals surface area contributed by atoms with Crippen molar-refractivity contribution in [2.45, 2.75) is 289 Å². The molecule has 4 N–H and O–H groups in total. The molecule has 0 radical (unpaired) electrons. The van der Waals surface area contributed by atoms with Crippen LogP contribution in [0.1, 0.15) is 271 Å². The van der Waals surface area contributed by atoms with Crippen molar-refractivity contribution in [1.82, 2.24) is 5.32 Å². The molecule has 0 fully saturated rings. The average Bonchev–Trinajstić information content (AvgIpc) is 3.15. The summed E-state index contributed by atoms with van der Waals surface area (Å²) in [5.74, 6) is -0.139. The maximum atomic E-state index is 12.4. The number of aliphatic hydroxyl groups is 3. The molecule has 0 aliphatic heterocycles. The van der Waals surface area contributed by atoms with E-state index in [1.807, 2.05) is 0 Å². The van der Waals surface area contributed by atoms with E-state index >= 15 is 0 Å². The molecule has 0 heterocycles. The molecule has 3 atom stereocenters. The van der Waals surface area contributed by atoms with Crippen LogP contribution < -0.4 is 5.32 Å². The van der Waals surface area contributed by atoms with Gasteiger partial charge in [-0.2, -0.15) is 0 Å². The van der Waals surface area contributed by atoms with E-state index in [1.165, 1.54) is 212 Å². The van der Waals surface area contributed by atoms with Crippen LogP contribution in [-0.2, 0) is 4.79 Å². The molecule has 0 aromatic heterocycles. The zero-order valence-electron chi connectivity index (χ0n) is 35.5. The van der Waals surface area contributed by atoms with Crippen LogP contribution in [0.25, 0.3) is 0 Å². The second-order valence-corrected chi connectivity index (χ2v) is 16.7. The van der Waals surface area contributed by atoms with E-state index in [9.17, 15) is 20.1 Å². The van der Waals surface area contributed by atoms with Crippen LogP contribution in [0.5, 0.6) is 0 Å². The third kappa shape index (κ3) is 37.7. The minimum absolute atomic E-state index is 0.139. The quantitative estimate of drug-likeness (QED) is 0.0469. The van der Waals surface area contributed by atoms with Crippen LogP contribution in [0, 0.1) is 0 Å². The summed E-state index contributed by atoms with van der Waals surface area (Å²) in [6.07, 6.45) is 49.4. The molecule has 0 spiro atoms. The molecule has 0 aliphatic carbocycles. The number of carbonyl (C=O) groups is 1. The lowest BCUT2D eigenvalue weighted by Gasteiger charge is -2.26. The highest BCUT2D eigenvalue weighted by Gasteiger charge is 2.26. The zero-order valence-corrected chi connectivity index (χ0v) is 35.5. The predicted molar refractivity (Wildman–Crippen MR) is 227 cm³/mol. The highest BCUT2D eigenvalue weighted by atomic mass is 16.3. The van der Waals surface area contributed by atoms with Gasteiger partial charge in [0.15, 0.2) is 0 Å². The van der Waals surface area contributed by atoms with E-state index in [0.717, 1.165) is 32.1 Å². The lowest BCUT2D eigenvalue weighted by atomic mass is 9.99. The SMILES string of the molecule is CCCCCCCCCCCCCCCCCCCCCCCCCC(O)C(O)C(CO)NC(=O)CCCCCCCCCCCCCCCCC. The van der Waals surface area contributed by atoms with Gasteiger partial charge in [0.2, 0.25) is 5.91 Å². The Kier molecular flexibility index (Phi) is 42.5. The van der Waals surface area contributed by atoms with Crippen LogP contribution in [0.2, 0.25) is 0 Å². The van der Waals surface area contributed by atoms with Crippen LogP contribution >= 0.6 is 0 Å². The fraction of sp³-hybridized carbons (Fsp3) is 0.979. The second-order valence-electron chi connectivity index (χ2n) is 16.7. The van der Waals surface area contributed by atoms with Gasteiger partial charge >= 0.3 is 0 Å². The third-order valence-corrected chi connectivity index (χ3v) is 11.5. The van der Waals surface area contributed by atoms with E-state index in [1.54, 1.807) is 0 Å². The number of nitrogens with one attached hydrogen (secondary N) is 1. The van der Waals surface area contributed by atoms with Crippen molar-refractivity contribution in [3.8, 4) is 0 Å². The molecule has 0 aliphatic rings. The number of hydrogen-bond donors (Lipinski definition) is 4. The van der Waals surface area contributed by atoms with Gasteiger partial charge in [0, 0.05) is 6.42 Å². The van der Waals surface area contributed by atoms with Gasteiger partial charge in [-0.1, -0.05) is 251 Å². The van der Waals surface area contributed by atoms with Gasteiger partial charge in [-0.05, 0) is 12.8 Å². The number of carbonyl (C=O) groups excluding carboxylic acids is 1. The Morgan fingerprint density at radius 3 is 0.923 bits per heavy atom. The van der Waals surface area contributed by atoms with Crippen molar-refractivity contribution in [2.75, 3.05) is 6.61 Å². The summed E-state index contributed by atoms with van der Waals surface area (Å²) in [5.41, 5.74) is 0. The molecule has 0 rings (SSSR count). The first-order chi connectivity index (χ1) is 25.6. The first-order valence-corrected chi connectivity index (χ1v) is 23.8. The van der Waals surface area contributed by atoms with E-state index in [0.29, 0.717) is 12.8 Å². The van der Waals surface area contributed by atoms with Crippen molar-refractivity contribution in [3.63, 3.8) is 0 Å². The fourth-order valence-electron chi connectivity index (χ4n) is 7.75. The molecule has 52 heavy (non-hydrogen) atoms. The fourth-order valence-corrected chi connectivity index (χ4v) is 7.75. The average molecular weight is 738 g/mol. The molecular formula is C47H95NO4. The number of aliphatic hydroxyl groups excluding tert-OH is 3. The molecule has 5 heteroatoms. The third-order valence-electron chi connectivity index (χ3n) is 11.5. The van der Waals surface area contributed by atoms with Gasteiger partial charge in [-0.3, -0.25) is 4.79 Å². The van der Waals surface area contributed by atoms with E-state index < -0.39 is 18.2 Å². The molecule has 0 bridgehead atoms. The van der Waals surface area contributed by atoms with Gasteiger partial charge in [0.1, 0.15) is 6.10 Å². The Balaban J connectivity index is 3.54. The molecule has 0 saturated carbocycles. The minimum atomic E-state index is -1.13. The first kappa shape index (κ1) is 51.4.